The zero-order chi connectivity index (χ0) is 23.1. The Hall–Kier alpha value is -3.85. The van der Waals surface area contributed by atoms with Crippen LogP contribution in [0.2, 0.25) is 0 Å². The molecular formula is C23H22N2O6S. The van der Waals surface area contributed by atoms with E-state index in [1.54, 1.807) is 24.3 Å². The molecule has 0 fully saturated rings. The topological polar surface area (TPSA) is 111 Å². The van der Waals surface area contributed by atoms with Gasteiger partial charge in [0, 0.05) is 16.9 Å². The Balaban J connectivity index is 1.65. The number of carbonyl (C=O) groups is 2. The van der Waals surface area contributed by atoms with Gasteiger partial charge in [-0.3, -0.25) is 9.52 Å². The molecule has 0 aliphatic rings. The van der Waals surface area contributed by atoms with Crippen molar-refractivity contribution in [3.8, 4) is 5.75 Å². The lowest BCUT2D eigenvalue weighted by molar-refractivity contribution is 0.0600. The van der Waals surface area contributed by atoms with Crippen LogP contribution in [0.4, 0.5) is 11.4 Å². The molecular weight excluding hydrogens is 432 g/mol. The Labute approximate surface area is 186 Å². The summed E-state index contributed by atoms with van der Waals surface area (Å²) in [4.78, 5) is 23.9. The van der Waals surface area contributed by atoms with Gasteiger partial charge in [0.2, 0.25) is 0 Å². The van der Waals surface area contributed by atoms with Crippen molar-refractivity contribution < 1.29 is 27.5 Å². The van der Waals surface area contributed by atoms with Gasteiger partial charge in [0.25, 0.3) is 15.9 Å². The van der Waals surface area contributed by atoms with E-state index >= 15 is 0 Å². The maximum atomic E-state index is 12.6. The van der Waals surface area contributed by atoms with Crippen molar-refractivity contribution in [2.45, 2.75) is 11.8 Å². The number of benzene rings is 3. The number of carbonyl (C=O) groups excluding carboxylic acids is 2. The van der Waals surface area contributed by atoms with Crippen molar-refractivity contribution in [2.75, 3.05) is 23.8 Å². The summed E-state index contributed by atoms with van der Waals surface area (Å²) in [6.45, 7) is 2.39. The van der Waals surface area contributed by atoms with Crippen LogP contribution in [-0.2, 0) is 14.8 Å². The molecule has 32 heavy (non-hydrogen) atoms. The molecule has 9 heteroatoms. The van der Waals surface area contributed by atoms with E-state index in [9.17, 15) is 18.0 Å². The minimum absolute atomic E-state index is 0.0480. The van der Waals surface area contributed by atoms with Gasteiger partial charge >= 0.3 is 5.97 Å². The smallest absolute Gasteiger partial charge is 0.337 e. The average molecular weight is 455 g/mol. The second kappa shape index (κ2) is 9.97. The SMILES string of the molecule is CCOc1ccc(NS(=O)(=O)c2ccc(NC(=O)c3ccc(C(=O)OC)cc3)cc2)cc1. The summed E-state index contributed by atoms with van der Waals surface area (Å²) in [6, 6.07) is 18.3. The van der Waals surface area contributed by atoms with Crippen LogP contribution in [0.25, 0.3) is 0 Å². The predicted octanol–water partition coefficient (Wildman–Crippen LogP) is 3.93. The maximum absolute atomic E-state index is 12.6. The van der Waals surface area contributed by atoms with Crippen molar-refractivity contribution >= 4 is 33.3 Å². The first-order valence-electron chi connectivity index (χ1n) is 9.68. The third-order valence-electron chi connectivity index (χ3n) is 4.41. The Kier molecular flexibility index (Phi) is 7.11. The summed E-state index contributed by atoms with van der Waals surface area (Å²) in [5, 5.41) is 2.68. The highest BCUT2D eigenvalue weighted by molar-refractivity contribution is 7.92. The minimum Gasteiger partial charge on any atom is -0.494 e. The van der Waals surface area contributed by atoms with E-state index in [4.69, 9.17) is 4.74 Å². The molecule has 0 aromatic heterocycles. The van der Waals surface area contributed by atoms with E-state index in [0.29, 0.717) is 34.9 Å². The van der Waals surface area contributed by atoms with Crippen molar-refractivity contribution in [1.29, 1.82) is 0 Å². The van der Waals surface area contributed by atoms with Crippen LogP contribution in [-0.4, -0.2) is 34.0 Å². The standard InChI is InChI=1S/C23H22N2O6S/c1-3-31-20-12-8-19(9-13-20)25-32(28,29)21-14-10-18(11-15-21)24-22(26)16-4-6-17(7-5-16)23(27)30-2/h4-15,25H,3H2,1-2H3,(H,24,26). The van der Waals surface area contributed by atoms with E-state index in [1.165, 1.54) is 55.6 Å². The third-order valence-corrected chi connectivity index (χ3v) is 5.81. The molecule has 2 N–H and O–H groups in total. The van der Waals surface area contributed by atoms with Crippen LogP contribution < -0.4 is 14.8 Å². The number of hydrogen-bond acceptors (Lipinski definition) is 6. The summed E-state index contributed by atoms with van der Waals surface area (Å²) in [6.07, 6.45) is 0. The van der Waals surface area contributed by atoms with Crippen molar-refractivity contribution in [3.05, 3.63) is 83.9 Å². The van der Waals surface area contributed by atoms with E-state index in [2.05, 4.69) is 14.8 Å². The Bertz CT molecular complexity index is 1190. The number of esters is 1. The molecule has 0 radical (unpaired) electrons. The average Bonchev–Trinajstić information content (AvgIpc) is 2.80. The third kappa shape index (κ3) is 5.64. The predicted molar refractivity (Wildman–Crippen MR) is 121 cm³/mol. The summed E-state index contributed by atoms with van der Waals surface area (Å²) in [7, 11) is -2.52. The monoisotopic (exact) mass is 454 g/mol. The van der Waals surface area contributed by atoms with Gasteiger partial charge in [0.15, 0.2) is 0 Å². The fraction of sp³-hybridized carbons (Fsp3) is 0.130. The van der Waals surface area contributed by atoms with Crippen molar-refractivity contribution in [1.82, 2.24) is 0 Å². The molecule has 0 saturated heterocycles. The molecule has 166 valence electrons. The van der Waals surface area contributed by atoms with E-state index in [-0.39, 0.29) is 4.90 Å². The Morgan fingerprint density at radius 3 is 1.94 bits per heavy atom. The Morgan fingerprint density at radius 1 is 0.812 bits per heavy atom. The highest BCUT2D eigenvalue weighted by Gasteiger charge is 2.15. The molecule has 3 aromatic rings. The van der Waals surface area contributed by atoms with Crippen LogP contribution >= 0.6 is 0 Å². The number of sulfonamides is 1. The van der Waals surface area contributed by atoms with Gasteiger partial charge in [-0.05, 0) is 79.7 Å². The van der Waals surface area contributed by atoms with Gasteiger partial charge in [0.1, 0.15) is 5.75 Å². The van der Waals surface area contributed by atoms with Crippen LogP contribution in [0.15, 0.2) is 77.7 Å². The van der Waals surface area contributed by atoms with Gasteiger partial charge in [0.05, 0.1) is 24.2 Å². The number of nitrogens with one attached hydrogen (secondary N) is 2. The fourth-order valence-electron chi connectivity index (χ4n) is 2.80. The normalized spacial score (nSPS) is 10.8. The first-order valence-corrected chi connectivity index (χ1v) is 11.2. The van der Waals surface area contributed by atoms with Crippen LogP contribution in [0.3, 0.4) is 0 Å². The van der Waals surface area contributed by atoms with E-state index in [1.807, 2.05) is 6.92 Å². The lowest BCUT2D eigenvalue weighted by atomic mass is 10.1. The largest absolute Gasteiger partial charge is 0.494 e. The molecule has 0 unspecified atom stereocenters. The number of rotatable bonds is 8. The highest BCUT2D eigenvalue weighted by atomic mass is 32.2. The zero-order valence-electron chi connectivity index (χ0n) is 17.5. The molecule has 0 spiro atoms. The number of hydrogen-bond donors (Lipinski definition) is 2. The van der Waals surface area contributed by atoms with Gasteiger partial charge in [-0.25, -0.2) is 13.2 Å². The molecule has 0 bridgehead atoms. The molecule has 3 aromatic carbocycles. The molecule has 0 atom stereocenters. The quantitative estimate of drug-likeness (QED) is 0.499. The van der Waals surface area contributed by atoms with Crippen LogP contribution in [0.5, 0.6) is 5.75 Å². The molecule has 1 amide bonds. The van der Waals surface area contributed by atoms with E-state index in [0.717, 1.165) is 0 Å². The van der Waals surface area contributed by atoms with Crippen molar-refractivity contribution in [3.63, 3.8) is 0 Å². The number of amides is 1. The maximum Gasteiger partial charge on any atom is 0.337 e. The lowest BCUT2D eigenvalue weighted by Gasteiger charge is -2.10. The number of anilines is 2. The Morgan fingerprint density at radius 2 is 1.38 bits per heavy atom. The summed E-state index contributed by atoms with van der Waals surface area (Å²) >= 11 is 0. The second-order valence-corrected chi connectivity index (χ2v) is 8.29. The van der Waals surface area contributed by atoms with Crippen molar-refractivity contribution in [2.24, 2.45) is 0 Å². The van der Waals surface area contributed by atoms with Gasteiger partial charge in [-0.2, -0.15) is 0 Å². The van der Waals surface area contributed by atoms with Gasteiger partial charge in [-0.15, -0.1) is 0 Å². The summed E-state index contributed by atoms with van der Waals surface area (Å²) in [5.74, 6) is -0.243. The molecule has 0 aliphatic heterocycles. The minimum atomic E-state index is -3.80. The molecule has 3 rings (SSSR count). The van der Waals surface area contributed by atoms with E-state index < -0.39 is 21.9 Å². The van der Waals surface area contributed by atoms with Gasteiger partial charge in [-0.1, -0.05) is 0 Å². The first-order chi connectivity index (χ1) is 15.3. The van der Waals surface area contributed by atoms with Crippen LogP contribution in [0.1, 0.15) is 27.6 Å². The molecule has 0 aliphatic carbocycles. The highest BCUT2D eigenvalue weighted by Crippen LogP contribution is 2.21. The summed E-state index contributed by atoms with van der Waals surface area (Å²) < 4.78 is 37.7. The van der Waals surface area contributed by atoms with Gasteiger partial charge < -0.3 is 14.8 Å². The molecule has 0 heterocycles. The first kappa shape index (κ1) is 22.8. The summed E-state index contributed by atoms with van der Waals surface area (Å²) in [5.41, 5.74) is 1.50. The lowest BCUT2D eigenvalue weighted by Crippen LogP contribution is -2.14. The zero-order valence-corrected chi connectivity index (χ0v) is 18.3. The second-order valence-electron chi connectivity index (χ2n) is 6.61. The molecule has 8 nitrogen and oxygen atoms in total. The molecule has 0 saturated carbocycles. The van der Waals surface area contributed by atoms with Crippen LogP contribution in [0, 0.1) is 0 Å². The number of ether oxygens (including phenoxy) is 2. The number of methoxy groups -OCH3 is 1. The fourth-order valence-corrected chi connectivity index (χ4v) is 3.85.